The molecule has 0 radical (unpaired) electrons. The topological polar surface area (TPSA) is 66.8 Å². The average molecular weight is 289 g/mol. The molecule has 0 aliphatic carbocycles. The molecule has 2 atom stereocenters. The zero-order chi connectivity index (χ0) is 15.0. The van der Waals surface area contributed by atoms with E-state index in [4.69, 9.17) is 9.84 Å². The lowest BCUT2D eigenvalue weighted by molar-refractivity contribution is -0.153. The molecule has 2 aliphatic heterocycles. The quantitative estimate of drug-likeness (QED) is 0.914. The van der Waals surface area contributed by atoms with E-state index in [2.05, 4.69) is 0 Å². The molecule has 5 nitrogen and oxygen atoms in total. The van der Waals surface area contributed by atoms with Crippen molar-refractivity contribution >= 4 is 11.9 Å². The smallest absolute Gasteiger partial charge is 0.306 e. The molecule has 2 aliphatic rings. The van der Waals surface area contributed by atoms with Crippen molar-refractivity contribution in [3.63, 3.8) is 0 Å². The van der Waals surface area contributed by atoms with Gasteiger partial charge in [0, 0.05) is 19.0 Å². The van der Waals surface area contributed by atoms with Crippen LogP contribution in [-0.2, 0) is 16.0 Å². The van der Waals surface area contributed by atoms with Crippen LogP contribution in [0.3, 0.4) is 0 Å². The first-order chi connectivity index (χ1) is 10.1. The molecule has 2 unspecified atom stereocenters. The zero-order valence-electron chi connectivity index (χ0n) is 12.0. The molecule has 21 heavy (non-hydrogen) atoms. The van der Waals surface area contributed by atoms with E-state index in [1.165, 1.54) is 0 Å². The van der Waals surface area contributed by atoms with Gasteiger partial charge in [-0.25, -0.2) is 0 Å². The zero-order valence-corrected chi connectivity index (χ0v) is 12.0. The molecular weight excluding hydrogens is 270 g/mol. The highest BCUT2D eigenvalue weighted by Crippen LogP contribution is 2.30. The first kappa shape index (κ1) is 13.9. The summed E-state index contributed by atoms with van der Waals surface area (Å²) >= 11 is 0. The number of ether oxygens (including phenoxy) is 1. The molecule has 1 aromatic rings. The van der Waals surface area contributed by atoms with Crippen LogP contribution in [0.2, 0.25) is 0 Å². The highest BCUT2D eigenvalue weighted by atomic mass is 16.5. The second-order valence-corrected chi connectivity index (χ2v) is 5.95. The molecule has 1 amide bonds. The molecular formula is C16H19NO4. The van der Waals surface area contributed by atoms with E-state index >= 15 is 0 Å². The monoisotopic (exact) mass is 289 g/mol. The Morgan fingerprint density at radius 2 is 2.05 bits per heavy atom. The van der Waals surface area contributed by atoms with Gasteiger partial charge in [-0.05, 0) is 18.1 Å². The van der Waals surface area contributed by atoms with E-state index in [-0.39, 0.29) is 17.7 Å². The van der Waals surface area contributed by atoms with E-state index in [1.54, 1.807) is 11.8 Å². The Hall–Kier alpha value is -2.04. The molecule has 3 rings (SSSR count). The second kappa shape index (κ2) is 5.39. The Bertz CT molecular complexity index is 565. The van der Waals surface area contributed by atoms with Crippen molar-refractivity contribution in [2.75, 3.05) is 19.7 Å². The number of carbonyl (C=O) groups is 2. The standard InChI is InChI=1S/C16H19NO4/c1-10(16(19)20)13-7-17(8-13)15(18)12-6-11-4-2-3-5-14(11)21-9-12/h2-5,10,12-13H,6-9H2,1H3,(H,19,20). The van der Waals surface area contributed by atoms with Crippen LogP contribution >= 0.6 is 0 Å². The molecule has 1 fully saturated rings. The number of aliphatic carboxylic acids is 1. The first-order valence-electron chi connectivity index (χ1n) is 7.28. The van der Waals surface area contributed by atoms with Crippen LogP contribution in [0, 0.1) is 17.8 Å². The van der Waals surface area contributed by atoms with Crippen LogP contribution in [0.25, 0.3) is 0 Å². The maximum absolute atomic E-state index is 12.4. The van der Waals surface area contributed by atoms with Crippen LogP contribution in [0.5, 0.6) is 5.75 Å². The summed E-state index contributed by atoms with van der Waals surface area (Å²) in [4.78, 5) is 25.1. The third kappa shape index (κ3) is 2.60. The molecule has 2 heterocycles. The Labute approximate surface area is 123 Å². The summed E-state index contributed by atoms with van der Waals surface area (Å²) < 4.78 is 5.65. The Morgan fingerprint density at radius 1 is 1.33 bits per heavy atom. The summed E-state index contributed by atoms with van der Waals surface area (Å²) in [7, 11) is 0. The van der Waals surface area contributed by atoms with Gasteiger partial charge in [0.2, 0.25) is 5.91 Å². The van der Waals surface area contributed by atoms with Crippen molar-refractivity contribution in [3.8, 4) is 5.75 Å². The van der Waals surface area contributed by atoms with E-state index in [0.717, 1.165) is 11.3 Å². The third-order valence-corrected chi connectivity index (χ3v) is 4.55. The number of hydrogen-bond acceptors (Lipinski definition) is 3. The predicted molar refractivity (Wildman–Crippen MR) is 76.0 cm³/mol. The molecule has 0 spiro atoms. The molecule has 5 heteroatoms. The number of fused-ring (bicyclic) bond motifs is 1. The Balaban J connectivity index is 1.58. The van der Waals surface area contributed by atoms with Crippen molar-refractivity contribution < 1.29 is 19.4 Å². The van der Waals surface area contributed by atoms with Gasteiger partial charge in [0.25, 0.3) is 0 Å². The summed E-state index contributed by atoms with van der Waals surface area (Å²) in [6.07, 6.45) is 0.699. The number of carboxylic acid groups (broad SMARTS) is 1. The average Bonchev–Trinajstić information content (AvgIpc) is 2.44. The maximum Gasteiger partial charge on any atom is 0.306 e. The van der Waals surface area contributed by atoms with Gasteiger partial charge in [0.05, 0.1) is 11.8 Å². The molecule has 0 saturated carbocycles. The van der Waals surface area contributed by atoms with Gasteiger partial charge in [-0.15, -0.1) is 0 Å². The van der Waals surface area contributed by atoms with Crippen LogP contribution in [0.1, 0.15) is 12.5 Å². The number of amides is 1. The molecule has 1 N–H and O–H groups in total. The fraction of sp³-hybridized carbons (Fsp3) is 0.500. The van der Waals surface area contributed by atoms with Gasteiger partial charge >= 0.3 is 5.97 Å². The number of carbonyl (C=O) groups excluding carboxylic acids is 1. The van der Waals surface area contributed by atoms with Crippen molar-refractivity contribution in [1.82, 2.24) is 4.90 Å². The number of hydrogen-bond donors (Lipinski definition) is 1. The predicted octanol–water partition coefficient (Wildman–Crippen LogP) is 1.42. The third-order valence-electron chi connectivity index (χ3n) is 4.55. The van der Waals surface area contributed by atoms with Crippen LogP contribution in [0.15, 0.2) is 24.3 Å². The van der Waals surface area contributed by atoms with Gasteiger partial charge in [-0.1, -0.05) is 25.1 Å². The lowest BCUT2D eigenvalue weighted by atomic mass is 9.85. The number of rotatable bonds is 3. The molecule has 1 aromatic carbocycles. The summed E-state index contributed by atoms with van der Waals surface area (Å²) in [6.45, 7) is 3.20. The van der Waals surface area contributed by atoms with Crippen molar-refractivity contribution in [2.24, 2.45) is 17.8 Å². The lowest BCUT2D eigenvalue weighted by Gasteiger charge is -2.43. The number of para-hydroxylation sites is 1. The Morgan fingerprint density at radius 3 is 2.76 bits per heavy atom. The summed E-state index contributed by atoms with van der Waals surface area (Å²) in [5.41, 5.74) is 1.07. The van der Waals surface area contributed by atoms with Gasteiger partial charge in [-0.2, -0.15) is 0 Å². The fourth-order valence-corrected chi connectivity index (χ4v) is 2.96. The van der Waals surface area contributed by atoms with Gasteiger partial charge in [0.15, 0.2) is 0 Å². The normalized spacial score (nSPS) is 22.7. The van der Waals surface area contributed by atoms with E-state index in [9.17, 15) is 9.59 Å². The van der Waals surface area contributed by atoms with E-state index < -0.39 is 11.9 Å². The second-order valence-electron chi connectivity index (χ2n) is 5.95. The lowest BCUT2D eigenvalue weighted by Crippen LogP contribution is -2.56. The van der Waals surface area contributed by atoms with Crippen LogP contribution in [0.4, 0.5) is 0 Å². The van der Waals surface area contributed by atoms with Crippen molar-refractivity contribution in [3.05, 3.63) is 29.8 Å². The van der Waals surface area contributed by atoms with Crippen molar-refractivity contribution in [1.29, 1.82) is 0 Å². The summed E-state index contributed by atoms with van der Waals surface area (Å²) in [5.74, 6) is -0.315. The first-order valence-corrected chi connectivity index (χ1v) is 7.28. The SMILES string of the molecule is CC(C(=O)O)C1CN(C(=O)C2COc3ccccc3C2)C1. The van der Waals surface area contributed by atoms with Crippen LogP contribution in [-0.4, -0.2) is 41.6 Å². The van der Waals surface area contributed by atoms with Gasteiger partial charge in [-0.3, -0.25) is 9.59 Å². The highest BCUT2D eigenvalue weighted by Gasteiger charge is 2.40. The van der Waals surface area contributed by atoms with E-state index in [1.807, 2.05) is 24.3 Å². The minimum atomic E-state index is -0.790. The molecule has 1 saturated heterocycles. The molecule has 0 aromatic heterocycles. The minimum Gasteiger partial charge on any atom is -0.492 e. The minimum absolute atomic E-state index is 0.0724. The van der Waals surface area contributed by atoms with Crippen LogP contribution < -0.4 is 4.74 Å². The van der Waals surface area contributed by atoms with Gasteiger partial charge < -0.3 is 14.7 Å². The highest BCUT2D eigenvalue weighted by molar-refractivity contribution is 5.81. The number of carboxylic acids is 1. The summed E-state index contributed by atoms with van der Waals surface area (Å²) in [6, 6.07) is 7.78. The van der Waals surface area contributed by atoms with E-state index in [0.29, 0.717) is 26.1 Å². The molecule has 112 valence electrons. The Kier molecular flexibility index (Phi) is 3.57. The fourth-order valence-electron chi connectivity index (χ4n) is 2.96. The number of benzene rings is 1. The molecule has 0 bridgehead atoms. The number of nitrogens with zero attached hydrogens (tertiary/aromatic N) is 1. The van der Waals surface area contributed by atoms with Crippen molar-refractivity contribution in [2.45, 2.75) is 13.3 Å². The van der Waals surface area contributed by atoms with Gasteiger partial charge in [0.1, 0.15) is 12.4 Å². The largest absolute Gasteiger partial charge is 0.492 e. The summed E-state index contributed by atoms with van der Waals surface area (Å²) in [5, 5.41) is 8.98. The number of likely N-dealkylation sites (tertiary alicyclic amines) is 1. The maximum atomic E-state index is 12.4.